The van der Waals surface area contributed by atoms with Crippen molar-refractivity contribution in [3.63, 3.8) is 0 Å². The lowest BCUT2D eigenvalue weighted by molar-refractivity contribution is -0.0265. The first-order valence-corrected chi connectivity index (χ1v) is 12.2. The van der Waals surface area contributed by atoms with Crippen molar-refractivity contribution in [3.05, 3.63) is 65.7 Å². The summed E-state index contributed by atoms with van der Waals surface area (Å²) in [5.41, 5.74) is 3.90. The Balaban J connectivity index is 1.32. The molecule has 2 aliphatic heterocycles. The highest BCUT2D eigenvalue weighted by molar-refractivity contribution is 5.79. The van der Waals surface area contributed by atoms with Gasteiger partial charge in [-0.1, -0.05) is 48.0 Å². The fourth-order valence-corrected chi connectivity index (χ4v) is 4.82. The van der Waals surface area contributed by atoms with Crippen molar-refractivity contribution in [3.8, 4) is 0 Å². The molecule has 32 heavy (non-hydrogen) atoms. The molecule has 4 rings (SSSR count). The summed E-state index contributed by atoms with van der Waals surface area (Å²) < 4.78 is 6.20. The molecule has 2 aromatic carbocycles. The molecule has 0 amide bonds. The van der Waals surface area contributed by atoms with Crippen LogP contribution >= 0.6 is 0 Å². The van der Waals surface area contributed by atoms with Gasteiger partial charge in [0, 0.05) is 50.9 Å². The van der Waals surface area contributed by atoms with E-state index in [4.69, 9.17) is 9.73 Å². The van der Waals surface area contributed by atoms with Crippen LogP contribution in [0.5, 0.6) is 0 Å². The fourth-order valence-electron chi connectivity index (χ4n) is 4.82. The van der Waals surface area contributed by atoms with E-state index in [1.165, 1.54) is 29.7 Å². The summed E-state index contributed by atoms with van der Waals surface area (Å²) in [6.07, 6.45) is 3.66. The number of aliphatic imine (C=N–C) groups is 1. The standard InChI is InChI=1S/C27H38N4O/c1-3-28-27(29-18-22-15-16-31(20-22)25-9-5-4-6-10-25)30-19-24-8-7-17-32-26(24)23-13-11-21(2)12-14-23/h4-6,9-14,22,24,26H,3,7-8,15-20H2,1-2H3,(H2,28,29,30). The van der Waals surface area contributed by atoms with Gasteiger partial charge in [-0.3, -0.25) is 4.99 Å². The second-order valence-electron chi connectivity index (χ2n) is 9.14. The molecule has 0 aliphatic carbocycles. The second kappa shape index (κ2) is 11.4. The maximum Gasteiger partial charge on any atom is 0.191 e. The van der Waals surface area contributed by atoms with E-state index in [0.29, 0.717) is 11.8 Å². The number of para-hydroxylation sites is 1. The molecule has 0 aromatic heterocycles. The Bertz CT molecular complexity index is 852. The molecule has 2 fully saturated rings. The largest absolute Gasteiger partial charge is 0.373 e. The van der Waals surface area contributed by atoms with E-state index in [1.54, 1.807) is 0 Å². The Morgan fingerprint density at radius 2 is 1.88 bits per heavy atom. The number of anilines is 1. The highest BCUT2D eigenvalue weighted by atomic mass is 16.5. The van der Waals surface area contributed by atoms with Crippen LogP contribution in [0.3, 0.4) is 0 Å². The monoisotopic (exact) mass is 434 g/mol. The minimum absolute atomic E-state index is 0.161. The minimum Gasteiger partial charge on any atom is -0.373 e. The van der Waals surface area contributed by atoms with E-state index in [9.17, 15) is 0 Å². The maximum absolute atomic E-state index is 6.20. The number of rotatable bonds is 7. The molecule has 0 saturated carbocycles. The summed E-state index contributed by atoms with van der Waals surface area (Å²) in [4.78, 5) is 7.42. The van der Waals surface area contributed by atoms with E-state index in [-0.39, 0.29) is 6.10 Å². The number of ether oxygens (including phenoxy) is 1. The molecule has 0 spiro atoms. The zero-order valence-electron chi connectivity index (χ0n) is 19.6. The average Bonchev–Trinajstić information content (AvgIpc) is 3.31. The van der Waals surface area contributed by atoms with E-state index in [1.807, 2.05) is 0 Å². The first-order chi connectivity index (χ1) is 15.7. The van der Waals surface area contributed by atoms with Gasteiger partial charge in [-0.25, -0.2) is 0 Å². The van der Waals surface area contributed by atoms with Gasteiger partial charge in [-0.05, 0) is 56.7 Å². The summed E-state index contributed by atoms with van der Waals surface area (Å²) in [6, 6.07) is 19.5. The quantitative estimate of drug-likeness (QED) is 0.496. The number of guanidine groups is 1. The lowest BCUT2D eigenvalue weighted by Gasteiger charge is -2.32. The predicted molar refractivity (Wildman–Crippen MR) is 133 cm³/mol. The van der Waals surface area contributed by atoms with E-state index >= 15 is 0 Å². The molecular formula is C27H38N4O. The Kier molecular flexibility index (Phi) is 8.05. The number of hydrogen-bond donors (Lipinski definition) is 2. The van der Waals surface area contributed by atoms with Gasteiger partial charge < -0.3 is 20.3 Å². The number of nitrogens with zero attached hydrogens (tertiary/aromatic N) is 2. The lowest BCUT2D eigenvalue weighted by atomic mass is 9.89. The van der Waals surface area contributed by atoms with E-state index < -0.39 is 0 Å². The molecule has 0 radical (unpaired) electrons. The molecule has 2 aromatic rings. The number of nitrogens with one attached hydrogen (secondary N) is 2. The topological polar surface area (TPSA) is 48.9 Å². The van der Waals surface area contributed by atoms with Gasteiger partial charge in [0.15, 0.2) is 5.96 Å². The highest BCUT2D eigenvalue weighted by Crippen LogP contribution is 2.33. The zero-order valence-corrected chi connectivity index (χ0v) is 19.6. The van der Waals surface area contributed by atoms with Crippen LogP contribution in [-0.2, 0) is 4.74 Å². The number of benzene rings is 2. The van der Waals surface area contributed by atoms with Gasteiger partial charge in [0.1, 0.15) is 0 Å². The Hall–Kier alpha value is -2.53. The Morgan fingerprint density at radius 1 is 1.06 bits per heavy atom. The van der Waals surface area contributed by atoms with E-state index in [0.717, 1.165) is 51.7 Å². The molecule has 172 valence electrons. The molecule has 3 unspecified atom stereocenters. The normalized spacial score (nSPS) is 23.9. The molecule has 2 heterocycles. The van der Waals surface area contributed by atoms with Crippen LogP contribution < -0.4 is 15.5 Å². The molecule has 0 bridgehead atoms. The van der Waals surface area contributed by atoms with Crippen LogP contribution in [-0.4, -0.2) is 45.3 Å². The molecule has 5 nitrogen and oxygen atoms in total. The smallest absolute Gasteiger partial charge is 0.191 e. The average molecular weight is 435 g/mol. The van der Waals surface area contributed by atoms with Crippen molar-refractivity contribution in [2.75, 3.05) is 44.2 Å². The van der Waals surface area contributed by atoms with Gasteiger partial charge >= 0.3 is 0 Å². The Morgan fingerprint density at radius 3 is 2.66 bits per heavy atom. The lowest BCUT2D eigenvalue weighted by Crippen LogP contribution is -2.42. The summed E-state index contributed by atoms with van der Waals surface area (Å²) in [7, 11) is 0. The van der Waals surface area contributed by atoms with Crippen molar-refractivity contribution in [1.82, 2.24) is 10.6 Å². The van der Waals surface area contributed by atoms with Crippen molar-refractivity contribution in [1.29, 1.82) is 0 Å². The van der Waals surface area contributed by atoms with Crippen molar-refractivity contribution in [2.24, 2.45) is 16.8 Å². The highest BCUT2D eigenvalue weighted by Gasteiger charge is 2.28. The SMILES string of the molecule is CCNC(=NCC1CCN(c2ccccc2)C1)NCC1CCCOC1c1ccc(C)cc1. The first kappa shape index (κ1) is 22.7. The summed E-state index contributed by atoms with van der Waals surface area (Å²) >= 11 is 0. The third kappa shape index (κ3) is 6.04. The van der Waals surface area contributed by atoms with E-state index in [2.05, 4.69) is 84.0 Å². The maximum atomic E-state index is 6.20. The zero-order chi connectivity index (χ0) is 22.2. The minimum atomic E-state index is 0.161. The molecule has 5 heteroatoms. The summed E-state index contributed by atoms with van der Waals surface area (Å²) in [5.74, 6) is 1.98. The van der Waals surface area contributed by atoms with Crippen LogP contribution in [0.15, 0.2) is 59.6 Å². The fraction of sp³-hybridized carbons (Fsp3) is 0.519. The third-order valence-corrected chi connectivity index (χ3v) is 6.64. The van der Waals surface area contributed by atoms with Crippen LogP contribution in [0.4, 0.5) is 5.69 Å². The Labute approximate surface area is 193 Å². The molecule has 2 N–H and O–H groups in total. The summed E-state index contributed by atoms with van der Waals surface area (Å²) in [6.45, 7) is 9.92. The number of aryl methyl sites for hydroxylation is 1. The number of hydrogen-bond acceptors (Lipinski definition) is 3. The first-order valence-electron chi connectivity index (χ1n) is 12.2. The predicted octanol–water partition coefficient (Wildman–Crippen LogP) is 4.54. The van der Waals surface area contributed by atoms with Gasteiger partial charge in [0.25, 0.3) is 0 Å². The van der Waals surface area contributed by atoms with Gasteiger partial charge in [0.2, 0.25) is 0 Å². The van der Waals surface area contributed by atoms with Crippen LogP contribution in [0, 0.1) is 18.8 Å². The van der Waals surface area contributed by atoms with Crippen LogP contribution in [0.2, 0.25) is 0 Å². The second-order valence-corrected chi connectivity index (χ2v) is 9.14. The van der Waals surface area contributed by atoms with Gasteiger partial charge in [0.05, 0.1) is 6.10 Å². The van der Waals surface area contributed by atoms with Crippen LogP contribution in [0.1, 0.15) is 43.4 Å². The molecule has 3 atom stereocenters. The third-order valence-electron chi connectivity index (χ3n) is 6.64. The van der Waals surface area contributed by atoms with Crippen molar-refractivity contribution in [2.45, 2.75) is 39.2 Å². The summed E-state index contributed by atoms with van der Waals surface area (Å²) in [5, 5.41) is 7.05. The van der Waals surface area contributed by atoms with Crippen LogP contribution in [0.25, 0.3) is 0 Å². The molecule has 2 aliphatic rings. The van der Waals surface area contributed by atoms with Crippen molar-refractivity contribution >= 4 is 11.6 Å². The van der Waals surface area contributed by atoms with Crippen molar-refractivity contribution < 1.29 is 4.74 Å². The van der Waals surface area contributed by atoms with Gasteiger partial charge in [-0.15, -0.1) is 0 Å². The molecular weight excluding hydrogens is 396 g/mol. The molecule has 2 saturated heterocycles. The van der Waals surface area contributed by atoms with Gasteiger partial charge in [-0.2, -0.15) is 0 Å².